The first kappa shape index (κ1) is 18.4. The topological polar surface area (TPSA) is 67.8 Å². The summed E-state index contributed by atoms with van der Waals surface area (Å²) in [7, 11) is 0. The molecule has 24 heavy (non-hydrogen) atoms. The Morgan fingerprint density at radius 2 is 1.75 bits per heavy atom. The summed E-state index contributed by atoms with van der Waals surface area (Å²) in [5.74, 6) is 0.616. The lowest BCUT2D eigenvalue weighted by Crippen LogP contribution is -2.32. The second-order valence-electron chi connectivity index (χ2n) is 6.71. The number of unbranched alkanes of at least 4 members (excludes halogenated alkanes) is 1. The summed E-state index contributed by atoms with van der Waals surface area (Å²) >= 11 is 0. The van der Waals surface area contributed by atoms with Crippen molar-refractivity contribution < 1.29 is 4.79 Å². The van der Waals surface area contributed by atoms with Crippen molar-refractivity contribution >= 4 is 17.3 Å². The number of hydrogen-bond acceptors (Lipinski definition) is 3. The van der Waals surface area contributed by atoms with Gasteiger partial charge in [0.1, 0.15) is 0 Å². The Kier molecular flexibility index (Phi) is 6.71. The highest BCUT2D eigenvalue weighted by atomic mass is 16.1. The van der Waals surface area contributed by atoms with Crippen LogP contribution in [-0.4, -0.2) is 17.3 Å². The van der Waals surface area contributed by atoms with Crippen molar-refractivity contribution in [3.8, 4) is 0 Å². The van der Waals surface area contributed by atoms with Gasteiger partial charge in [0.05, 0.1) is 12.1 Å². The molecule has 2 N–H and O–H groups in total. The summed E-state index contributed by atoms with van der Waals surface area (Å²) in [6, 6.07) is 8.05. The number of nitrogens with zero attached hydrogens (tertiary/aromatic N) is 2. The lowest BCUT2D eigenvalue weighted by Gasteiger charge is -2.30. The molecule has 0 bridgehead atoms. The Labute approximate surface area is 145 Å². The monoisotopic (exact) mass is 327 g/mol. The maximum absolute atomic E-state index is 11.1. The van der Waals surface area contributed by atoms with Gasteiger partial charge in [-0.15, -0.1) is 0 Å². The zero-order valence-electron chi connectivity index (χ0n) is 15.1. The average Bonchev–Trinajstić information content (AvgIpc) is 2.56. The molecule has 130 valence electrons. The number of rotatable bonds is 8. The van der Waals surface area contributed by atoms with Gasteiger partial charge >= 0.3 is 0 Å². The minimum atomic E-state index is -0.304. The van der Waals surface area contributed by atoms with Gasteiger partial charge in [-0.25, -0.2) is 0 Å². The molecule has 0 saturated heterocycles. The number of amides is 1. The molecule has 1 amide bonds. The number of primary amides is 1. The summed E-state index contributed by atoms with van der Waals surface area (Å²) in [6.07, 6.45) is 6.14. The Morgan fingerprint density at radius 3 is 2.33 bits per heavy atom. The third-order valence-corrected chi connectivity index (χ3v) is 4.79. The number of hydrogen-bond donors (Lipinski definition) is 1. The summed E-state index contributed by atoms with van der Waals surface area (Å²) in [6.45, 7) is 6.57. The van der Waals surface area contributed by atoms with Crippen LogP contribution >= 0.6 is 0 Å². The van der Waals surface area contributed by atoms with E-state index >= 15 is 0 Å². The van der Waals surface area contributed by atoms with E-state index in [-0.39, 0.29) is 12.3 Å². The molecule has 0 fully saturated rings. The fourth-order valence-electron chi connectivity index (χ4n) is 3.51. The van der Waals surface area contributed by atoms with Crippen LogP contribution in [0.4, 0.5) is 0 Å². The molecule has 1 aromatic rings. The average molecular weight is 327 g/mol. The molecule has 0 spiro atoms. The molecule has 1 aromatic carbocycles. The molecule has 4 heteroatoms. The van der Waals surface area contributed by atoms with Crippen LogP contribution in [0.2, 0.25) is 0 Å². The third kappa shape index (κ3) is 4.53. The largest absolute Gasteiger partial charge is 0.369 e. The molecular weight excluding hydrogens is 298 g/mol. The fourth-order valence-corrected chi connectivity index (χ4v) is 3.51. The summed E-state index contributed by atoms with van der Waals surface area (Å²) in [4.78, 5) is 11.1. The van der Waals surface area contributed by atoms with Gasteiger partial charge in [0.2, 0.25) is 5.91 Å². The number of carbonyl (C=O) groups excluding carboxylic acids is 1. The van der Waals surface area contributed by atoms with Crippen molar-refractivity contribution in [3.63, 3.8) is 0 Å². The first-order valence-electron chi connectivity index (χ1n) is 9.06. The van der Waals surface area contributed by atoms with Crippen molar-refractivity contribution in [1.29, 1.82) is 0 Å². The normalized spacial score (nSPS) is 20.5. The second-order valence-corrected chi connectivity index (χ2v) is 6.71. The van der Waals surface area contributed by atoms with Gasteiger partial charge in [-0.2, -0.15) is 10.2 Å². The lowest BCUT2D eigenvalue weighted by atomic mass is 9.76. The molecule has 2 atom stereocenters. The number of benzene rings is 1. The zero-order valence-corrected chi connectivity index (χ0v) is 15.1. The predicted molar refractivity (Wildman–Crippen MR) is 100 cm³/mol. The Hall–Kier alpha value is -1.97. The van der Waals surface area contributed by atoms with Crippen molar-refractivity contribution in [1.82, 2.24) is 0 Å². The highest BCUT2D eigenvalue weighted by Crippen LogP contribution is 2.32. The van der Waals surface area contributed by atoms with Gasteiger partial charge in [-0.3, -0.25) is 4.79 Å². The van der Waals surface area contributed by atoms with E-state index in [1.807, 2.05) is 12.1 Å². The molecular formula is C20H29N3O. The van der Waals surface area contributed by atoms with Gasteiger partial charge in [0, 0.05) is 17.5 Å². The van der Waals surface area contributed by atoms with Gasteiger partial charge < -0.3 is 5.73 Å². The minimum Gasteiger partial charge on any atom is -0.369 e. The highest BCUT2D eigenvalue weighted by Gasteiger charge is 2.31. The first-order chi connectivity index (χ1) is 11.6. The van der Waals surface area contributed by atoms with Gasteiger partial charge in [0.25, 0.3) is 0 Å². The SMILES string of the molecule is CCCCC1C(c2ccc(CC(N)=O)cc2)=NN=C(C)C1CCC. The van der Waals surface area contributed by atoms with E-state index in [4.69, 9.17) is 5.73 Å². The van der Waals surface area contributed by atoms with Crippen molar-refractivity contribution in [2.75, 3.05) is 0 Å². The smallest absolute Gasteiger partial charge is 0.221 e. The second kappa shape index (κ2) is 8.76. The van der Waals surface area contributed by atoms with Crippen LogP contribution in [0.5, 0.6) is 0 Å². The van der Waals surface area contributed by atoms with Crippen LogP contribution in [-0.2, 0) is 11.2 Å². The predicted octanol–water partition coefficient (Wildman–Crippen LogP) is 4.12. The Balaban J connectivity index is 2.28. The molecule has 2 rings (SSSR count). The van der Waals surface area contributed by atoms with Crippen molar-refractivity contribution in [2.24, 2.45) is 27.8 Å². The van der Waals surface area contributed by atoms with Crippen molar-refractivity contribution in [3.05, 3.63) is 35.4 Å². The quantitative estimate of drug-likeness (QED) is 0.767. The molecule has 4 nitrogen and oxygen atoms in total. The number of nitrogens with two attached hydrogens (primary N) is 1. The third-order valence-electron chi connectivity index (χ3n) is 4.79. The van der Waals surface area contributed by atoms with E-state index in [2.05, 4.69) is 43.1 Å². The zero-order chi connectivity index (χ0) is 17.5. The van der Waals surface area contributed by atoms with Crippen LogP contribution in [0.1, 0.15) is 64.0 Å². The first-order valence-corrected chi connectivity index (χ1v) is 9.06. The summed E-state index contributed by atoms with van der Waals surface area (Å²) < 4.78 is 0. The van der Waals surface area contributed by atoms with E-state index in [0.717, 1.165) is 41.8 Å². The van der Waals surface area contributed by atoms with Gasteiger partial charge in [-0.05, 0) is 30.9 Å². The van der Waals surface area contributed by atoms with E-state index in [0.29, 0.717) is 11.8 Å². The maximum Gasteiger partial charge on any atom is 0.221 e. The molecule has 1 aliphatic heterocycles. The number of carbonyl (C=O) groups is 1. The molecule has 1 aliphatic rings. The van der Waals surface area contributed by atoms with E-state index < -0.39 is 0 Å². The fraction of sp³-hybridized carbons (Fsp3) is 0.550. The maximum atomic E-state index is 11.1. The molecule has 0 aliphatic carbocycles. The van der Waals surface area contributed by atoms with Crippen LogP contribution in [0, 0.1) is 11.8 Å². The minimum absolute atomic E-state index is 0.280. The van der Waals surface area contributed by atoms with Crippen molar-refractivity contribution in [2.45, 2.75) is 59.3 Å². The molecule has 2 unspecified atom stereocenters. The highest BCUT2D eigenvalue weighted by molar-refractivity contribution is 6.06. The molecule has 0 saturated carbocycles. The van der Waals surface area contributed by atoms with Gasteiger partial charge in [-0.1, -0.05) is 57.4 Å². The van der Waals surface area contributed by atoms with Crippen LogP contribution in [0.3, 0.4) is 0 Å². The lowest BCUT2D eigenvalue weighted by molar-refractivity contribution is -0.117. The van der Waals surface area contributed by atoms with E-state index in [1.165, 1.54) is 12.8 Å². The molecule has 1 heterocycles. The van der Waals surface area contributed by atoms with Crippen LogP contribution < -0.4 is 5.73 Å². The summed E-state index contributed by atoms with van der Waals surface area (Å²) in [5.41, 5.74) is 9.58. The Morgan fingerprint density at radius 1 is 1.04 bits per heavy atom. The summed E-state index contributed by atoms with van der Waals surface area (Å²) in [5, 5.41) is 9.00. The van der Waals surface area contributed by atoms with E-state index in [9.17, 15) is 4.79 Å². The van der Waals surface area contributed by atoms with Gasteiger partial charge in [0.15, 0.2) is 0 Å². The molecule has 0 aromatic heterocycles. The standard InChI is InChI=1S/C20H29N3O/c1-4-6-8-18-17(7-5-2)14(3)22-23-20(18)16-11-9-15(10-12-16)13-19(21)24/h9-12,17-18H,4-8,13H2,1-3H3,(H2,21,24). The van der Waals surface area contributed by atoms with Crippen LogP contribution in [0.25, 0.3) is 0 Å². The molecule has 0 radical (unpaired) electrons. The van der Waals surface area contributed by atoms with E-state index in [1.54, 1.807) is 0 Å². The van der Waals surface area contributed by atoms with Crippen LogP contribution in [0.15, 0.2) is 34.5 Å². The Bertz CT molecular complexity index is 616.